The van der Waals surface area contributed by atoms with E-state index in [4.69, 9.17) is 9.47 Å². The number of carbonyl (C=O) groups is 2. The quantitative estimate of drug-likeness (QED) is 0.311. The first-order valence-electron chi connectivity index (χ1n) is 11.2. The van der Waals surface area contributed by atoms with Gasteiger partial charge in [-0.2, -0.15) is 0 Å². The fourth-order valence-electron chi connectivity index (χ4n) is 4.21. The number of hydrogen-bond donors (Lipinski definition) is 0. The zero-order valence-electron chi connectivity index (χ0n) is 18.9. The SMILES string of the molecule is CC(C)=C(C(=O)OC(c1ccccc1)c1ccccc1)N1C(=O)[C@@H]2N=C(c3ccccc3)O[C@@H]21. The fourth-order valence-corrected chi connectivity index (χ4v) is 4.21. The number of benzene rings is 3. The summed E-state index contributed by atoms with van der Waals surface area (Å²) in [7, 11) is 0. The van der Waals surface area contributed by atoms with E-state index in [-0.39, 0.29) is 11.6 Å². The molecule has 1 saturated heterocycles. The van der Waals surface area contributed by atoms with Crippen LogP contribution in [0.4, 0.5) is 0 Å². The monoisotopic (exact) mass is 452 g/mol. The van der Waals surface area contributed by atoms with E-state index in [0.29, 0.717) is 11.5 Å². The number of allylic oxidation sites excluding steroid dienone is 1. The van der Waals surface area contributed by atoms with Crippen LogP contribution < -0.4 is 0 Å². The molecule has 0 spiro atoms. The molecule has 1 amide bonds. The first kappa shape index (κ1) is 21.6. The van der Waals surface area contributed by atoms with E-state index in [1.807, 2.05) is 91.0 Å². The van der Waals surface area contributed by atoms with Gasteiger partial charge in [-0.05, 0) is 42.7 Å². The third-order valence-corrected chi connectivity index (χ3v) is 5.86. The molecular weight excluding hydrogens is 428 g/mol. The number of rotatable bonds is 6. The van der Waals surface area contributed by atoms with Crippen LogP contribution in [0.25, 0.3) is 0 Å². The molecule has 34 heavy (non-hydrogen) atoms. The molecule has 2 aliphatic heterocycles. The molecule has 170 valence electrons. The van der Waals surface area contributed by atoms with Crippen LogP contribution in [0, 0.1) is 0 Å². The molecule has 6 nitrogen and oxygen atoms in total. The Balaban J connectivity index is 1.40. The first-order chi connectivity index (χ1) is 16.5. The normalized spacial score (nSPS) is 18.5. The second-order valence-corrected chi connectivity index (χ2v) is 8.42. The standard InChI is InChI=1S/C28H24N2O4/c1-18(2)23(30-26(31)22-27(30)34-25(29-22)21-16-10-5-11-17-21)28(32)33-24(19-12-6-3-7-13-19)20-14-8-4-9-15-20/h3-17,22,24,27H,1-2H3/t22-,27-/m0/s1. The van der Waals surface area contributed by atoms with Gasteiger partial charge in [0.2, 0.25) is 12.1 Å². The molecule has 5 rings (SSSR count). The minimum absolute atomic E-state index is 0.188. The van der Waals surface area contributed by atoms with Gasteiger partial charge in [0.05, 0.1) is 0 Å². The number of β-lactam (4-membered cyclic amide) rings is 1. The van der Waals surface area contributed by atoms with Crippen molar-refractivity contribution >= 4 is 17.8 Å². The van der Waals surface area contributed by atoms with Crippen molar-refractivity contribution < 1.29 is 19.1 Å². The molecule has 0 bridgehead atoms. The molecule has 3 aromatic rings. The zero-order valence-corrected chi connectivity index (χ0v) is 18.9. The highest BCUT2D eigenvalue weighted by Crippen LogP contribution is 2.37. The van der Waals surface area contributed by atoms with Crippen LogP contribution in [-0.2, 0) is 19.1 Å². The van der Waals surface area contributed by atoms with Gasteiger partial charge < -0.3 is 9.47 Å². The summed E-state index contributed by atoms with van der Waals surface area (Å²) >= 11 is 0. The van der Waals surface area contributed by atoms with Crippen LogP contribution >= 0.6 is 0 Å². The van der Waals surface area contributed by atoms with Crippen molar-refractivity contribution in [1.82, 2.24) is 4.90 Å². The van der Waals surface area contributed by atoms with Crippen LogP contribution in [0.15, 0.2) is 107 Å². The Morgan fingerprint density at radius 1 is 0.882 bits per heavy atom. The van der Waals surface area contributed by atoms with Crippen molar-refractivity contribution in [3.8, 4) is 0 Å². The maximum Gasteiger partial charge on any atom is 0.356 e. The lowest BCUT2D eigenvalue weighted by Gasteiger charge is -2.41. The second kappa shape index (κ2) is 8.98. The molecule has 2 aliphatic rings. The number of amides is 1. The Morgan fingerprint density at radius 3 is 1.94 bits per heavy atom. The van der Waals surface area contributed by atoms with E-state index in [9.17, 15) is 9.59 Å². The molecule has 0 aromatic heterocycles. The Kier molecular flexibility index (Phi) is 5.72. The Hall–Kier alpha value is -4.19. The highest BCUT2D eigenvalue weighted by atomic mass is 16.6. The van der Waals surface area contributed by atoms with Gasteiger partial charge in [-0.3, -0.25) is 9.69 Å². The summed E-state index contributed by atoms with van der Waals surface area (Å²) in [5, 5.41) is 0. The maximum atomic E-state index is 13.5. The Labute approximate surface area is 198 Å². The molecule has 0 saturated carbocycles. The summed E-state index contributed by atoms with van der Waals surface area (Å²) in [5.41, 5.74) is 3.32. The lowest BCUT2D eigenvalue weighted by Crippen LogP contribution is -2.63. The first-order valence-corrected chi connectivity index (χ1v) is 11.2. The number of fused-ring (bicyclic) bond motifs is 1. The van der Waals surface area contributed by atoms with E-state index in [0.717, 1.165) is 16.7 Å². The van der Waals surface area contributed by atoms with Crippen LogP contribution in [0.2, 0.25) is 0 Å². The molecule has 0 radical (unpaired) electrons. The zero-order chi connectivity index (χ0) is 23.7. The average molecular weight is 453 g/mol. The number of hydrogen-bond acceptors (Lipinski definition) is 5. The van der Waals surface area contributed by atoms with Crippen molar-refractivity contribution in [3.63, 3.8) is 0 Å². The topological polar surface area (TPSA) is 68.2 Å². The fraction of sp³-hybridized carbons (Fsp3) is 0.179. The molecule has 3 aromatic carbocycles. The van der Waals surface area contributed by atoms with E-state index in [1.165, 1.54) is 4.90 Å². The Bertz CT molecular complexity index is 1230. The highest BCUT2D eigenvalue weighted by Gasteiger charge is 2.56. The number of nitrogens with zero attached hydrogens (tertiary/aromatic N) is 2. The van der Waals surface area contributed by atoms with E-state index < -0.39 is 24.3 Å². The summed E-state index contributed by atoms with van der Waals surface area (Å²) in [6.07, 6.45) is -1.27. The van der Waals surface area contributed by atoms with Crippen LogP contribution in [0.1, 0.15) is 36.6 Å². The lowest BCUT2D eigenvalue weighted by atomic mass is 10.0. The van der Waals surface area contributed by atoms with Gasteiger partial charge in [0.25, 0.3) is 5.91 Å². The van der Waals surface area contributed by atoms with Gasteiger partial charge in [-0.1, -0.05) is 78.9 Å². The van der Waals surface area contributed by atoms with Gasteiger partial charge in [0.15, 0.2) is 12.1 Å². The minimum atomic E-state index is -0.660. The third-order valence-electron chi connectivity index (χ3n) is 5.86. The summed E-state index contributed by atoms with van der Waals surface area (Å²) < 4.78 is 12.0. The van der Waals surface area contributed by atoms with Gasteiger partial charge in [-0.25, -0.2) is 9.79 Å². The number of aliphatic imine (C=N–C) groups is 1. The molecular formula is C28H24N2O4. The molecule has 0 aliphatic carbocycles. The molecule has 6 heteroatoms. The van der Waals surface area contributed by atoms with Crippen LogP contribution in [-0.4, -0.2) is 34.9 Å². The molecule has 0 unspecified atom stereocenters. The van der Waals surface area contributed by atoms with Gasteiger partial charge in [0.1, 0.15) is 5.70 Å². The summed E-state index contributed by atoms with van der Waals surface area (Å²) in [4.78, 5) is 32.3. The maximum absolute atomic E-state index is 13.5. The molecule has 2 atom stereocenters. The van der Waals surface area contributed by atoms with Crippen molar-refractivity contribution in [2.75, 3.05) is 0 Å². The molecule has 0 N–H and O–H groups in total. The summed E-state index contributed by atoms with van der Waals surface area (Å²) in [6.45, 7) is 3.57. The predicted molar refractivity (Wildman–Crippen MR) is 128 cm³/mol. The number of carbonyl (C=O) groups excluding carboxylic acids is 2. The van der Waals surface area contributed by atoms with Gasteiger partial charge in [-0.15, -0.1) is 0 Å². The minimum Gasteiger partial charge on any atom is -0.450 e. The second-order valence-electron chi connectivity index (χ2n) is 8.42. The summed E-state index contributed by atoms with van der Waals surface area (Å²) in [6, 6.07) is 27.8. The molecule has 2 heterocycles. The number of likely N-dealkylation sites (tertiary alicyclic amines) is 1. The number of ether oxygens (including phenoxy) is 2. The lowest BCUT2D eigenvalue weighted by molar-refractivity contribution is -0.165. The smallest absolute Gasteiger partial charge is 0.356 e. The third kappa shape index (κ3) is 3.88. The van der Waals surface area contributed by atoms with Gasteiger partial charge >= 0.3 is 5.97 Å². The largest absolute Gasteiger partial charge is 0.450 e. The van der Waals surface area contributed by atoms with Crippen molar-refractivity contribution in [2.24, 2.45) is 4.99 Å². The molecule has 1 fully saturated rings. The van der Waals surface area contributed by atoms with Crippen molar-refractivity contribution in [3.05, 3.63) is 119 Å². The van der Waals surface area contributed by atoms with Crippen LogP contribution in [0.3, 0.4) is 0 Å². The predicted octanol–water partition coefficient (Wildman–Crippen LogP) is 4.63. The Morgan fingerprint density at radius 2 is 1.41 bits per heavy atom. The average Bonchev–Trinajstić information content (AvgIpc) is 3.27. The van der Waals surface area contributed by atoms with Crippen molar-refractivity contribution in [1.29, 1.82) is 0 Å². The highest BCUT2D eigenvalue weighted by molar-refractivity contribution is 6.05. The summed E-state index contributed by atoms with van der Waals surface area (Å²) in [5.74, 6) is -0.458. The van der Waals surface area contributed by atoms with Gasteiger partial charge in [0, 0.05) is 5.56 Å². The van der Waals surface area contributed by atoms with E-state index in [2.05, 4.69) is 4.99 Å². The van der Waals surface area contributed by atoms with E-state index in [1.54, 1.807) is 13.8 Å². The van der Waals surface area contributed by atoms with Crippen LogP contribution in [0.5, 0.6) is 0 Å². The van der Waals surface area contributed by atoms with E-state index >= 15 is 0 Å². The van der Waals surface area contributed by atoms with Crippen molar-refractivity contribution in [2.45, 2.75) is 32.2 Å². The number of esters is 1.